The normalized spacial score (nSPS) is 10.1. The number of halogens is 1. The number of rotatable bonds is 0. The molecule has 0 bridgehead atoms. The van der Waals surface area contributed by atoms with Gasteiger partial charge in [-0.05, 0) is 6.92 Å². The van der Waals surface area contributed by atoms with Gasteiger partial charge in [-0.1, -0.05) is 23.8 Å². The minimum Gasteiger partial charge on any atom is -0.287 e. The molecule has 0 amide bonds. The highest BCUT2D eigenvalue weighted by Gasteiger charge is 1.99. The Balaban J connectivity index is 3.48. The fourth-order valence-corrected chi connectivity index (χ4v) is 1.05. The van der Waals surface area contributed by atoms with Gasteiger partial charge in [-0.2, -0.15) is 0 Å². The zero-order chi connectivity index (χ0) is 7.02. The zero-order valence-corrected chi connectivity index (χ0v) is 6.81. The summed E-state index contributed by atoms with van der Waals surface area (Å²) in [4.78, 5) is 0. The summed E-state index contributed by atoms with van der Waals surface area (Å²) in [6.07, 6.45) is 0. The van der Waals surface area contributed by atoms with E-state index in [0.717, 1.165) is 10.2 Å². The van der Waals surface area contributed by atoms with E-state index in [0.29, 0.717) is 5.15 Å². The first kappa shape index (κ1) is 6.83. The Morgan fingerprint density at radius 2 is 2.22 bits per heavy atom. The minimum atomic E-state index is 0.627. The third-order valence-corrected chi connectivity index (χ3v) is 2.17. The molecule has 0 aliphatic carbocycles. The standard InChI is InChI=1S/C5H7ClN2S/c1-3-4(6)7-8(2)5(3)9/h7H,1-2H3. The van der Waals surface area contributed by atoms with E-state index in [9.17, 15) is 0 Å². The Hall–Kier alpha value is -0.280. The van der Waals surface area contributed by atoms with Crippen LogP contribution in [0.25, 0.3) is 0 Å². The molecule has 0 aliphatic heterocycles. The number of aryl methyl sites for hydroxylation is 1. The highest BCUT2D eigenvalue weighted by atomic mass is 35.5. The van der Waals surface area contributed by atoms with E-state index in [1.165, 1.54) is 0 Å². The molecule has 50 valence electrons. The van der Waals surface area contributed by atoms with Crippen LogP contribution in [0.1, 0.15) is 5.56 Å². The van der Waals surface area contributed by atoms with E-state index < -0.39 is 0 Å². The summed E-state index contributed by atoms with van der Waals surface area (Å²) in [6.45, 7) is 1.89. The van der Waals surface area contributed by atoms with Crippen molar-refractivity contribution >= 4 is 23.8 Å². The lowest BCUT2D eigenvalue weighted by molar-refractivity contribution is 0.757. The maximum atomic E-state index is 5.69. The summed E-state index contributed by atoms with van der Waals surface area (Å²) < 4.78 is 2.48. The molecule has 1 N–H and O–H groups in total. The maximum Gasteiger partial charge on any atom is 0.126 e. The van der Waals surface area contributed by atoms with Gasteiger partial charge in [-0.25, -0.2) is 0 Å². The number of aromatic nitrogens is 2. The molecule has 2 nitrogen and oxygen atoms in total. The van der Waals surface area contributed by atoms with Crippen LogP contribution in [0.3, 0.4) is 0 Å². The van der Waals surface area contributed by atoms with E-state index in [-0.39, 0.29) is 0 Å². The average Bonchev–Trinajstić information content (AvgIpc) is 1.98. The highest BCUT2D eigenvalue weighted by Crippen LogP contribution is 2.12. The quantitative estimate of drug-likeness (QED) is 0.579. The Morgan fingerprint density at radius 3 is 2.33 bits per heavy atom. The first-order valence-electron chi connectivity index (χ1n) is 2.54. The van der Waals surface area contributed by atoms with Crippen LogP contribution in [0.2, 0.25) is 5.15 Å². The van der Waals surface area contributed by atoms with Crippen LogP contribution < -0.4 is 0 Å². The molecule has 0 aromatic carbocycles. The lowest BCUT2D eigenvalue weighted by atomic mass is 10.4. The van der Waals surface area contributed by atoms with E-state index in [1.54, 1.807) is 4.68 Å². The van der Waals surface area contributed by atoms with Gasteiger partial charge in [-0.15, -0.1) is 0 Å². The van der Waals surface area contributed by atoms with Gasteiger partial charge in [-0.3, -0.25) is 9.78 Å². The van der Waals surface area contributed by atoms with Gasteiger partial charge in [0.25, 0.3) is 0 Å². The molecular weight excluding hydrogens is 156 g/mol. The van der Waals surface area contributed by atoms with Crippen molar-refractivity contribution in [2.75, 3.05) is 0 Å². The lowest BCUT2D eigenvalue weighted by Crippen LogP contribution is -1.87. The van der Waals surface area contributed by atoms with E-state index >= 15 is 0 Å². The molecule has 0 aliphatic rings. The summed E-state index contributed by atoms with van der Waals surface area (Å²) in [6, 6.07) is 0. The van der Waals surface area contributed by atoms with Crippen molar-refractivity contribution in [3.63, 3.8) is 0 Å². The largest absolute Gasteiger partial charge is 0.287 e. The molecule has 1 aromatic heterocycles. The molecular formula is C5H7ClN2S. The molecule has 0 fully saturated rings. The number of nitrogens with zero attached hydrogens (tertiary/aromatic N) is 1. The Morgan fingerprint density at radius 1 is 1.67 bits per heavy atom. The van der Waals surface area contributed by atoms with Crippen molar-refractivity contribution in [2.45, 2.75) is 6.92 Å². The second-order valence-corrected chi connectivity index (χ2v) is 2.68. The molecule has 9 heavy (non-hydrogen) atoms. The van der Waals surface area contributed by atoms with Crippen LogP contribution >= 0.6 is 23.8 Å². The summed E-state index contributed by atoms with van der Waals surface area (Å²) in [5, 5.41) is 3.48. The van der Waals surface area contributed by atoms with Gasteiger partial charge in [0.15, 0.2) is 0 Å². The van der Waals surface area contributed by atoms with Gasteiger partial charge in [0.1, 0.15) is 9.79 Å². The fourth-order valence-electron chi connectivity index (χ4n) is 0.627. The average molecular weight is 163 g/mol. The third-order valence-electron chi connectivity index (χ3n) is 1.22. The molecule has 1 rings (SSSR count). The van der Waals surface area contributed by atoms with Gasteiger partial charge in [0.2, 0.25) is 0 Å². The zero-order valence-electron chi connectivity index (χ0n) is 5.23. The van der Waals surface area contributed by atoms with Crippen molar-refractivity contribution in [2.24, 2.45) is 7.05 Å². The molecule has 0 spiro atoms. The number of aromatic amines is 1. The molecule has 0 radical (unpaired) electrons. The fraction of sp³-hybridized carbons (Fsp3) is 0.400. The van der Waals surface area contributed by atoms with Crippen LogP contribution in [0, 0.1) is 11.6 Å². The predicted molar refractivity (Wildman–Crippen MR) is 40.3 cm³/mol. The van der Waals surface area contributed by atoms with Crippen molar-refractivity contribution in [1.82, 2.24) is 9.78 Å². The molecule has 1 heterocycles. The number of H-pyrrole nitrogens is 1. The van der Waals surface area contributed by atoms with Gasteiger partial charge < -0.3 is 0 Å². The van der Waals surface area contributed by atoms with Crippen molar-refractivity contribution in [3.8, 4) is 0 Å². The Kier molecular flexibility index (Phi) is 1.64. The smallest absolute Gasteiger partial charge is 0.126 e. The topological polar surface area (TPSA) is 20.7 Å². The summed E-state index contributed by atoms with van der Waals surface area (Å²) >= 11 is 10.7. The van der Waals surface area contributed by atoms with E-state index in [2.05, 4.69) is 5.10 Å². The first-order valence-corrected chi connectivity index (χ1v) is 3.32. The molecule has 4 heteroatoms. The van der Waals surface area contributed by atoms with Gasteiger partial charge >= 0.3 is 0 Å². The first-order chi connectivity index (χ1) is 4.13. The number of hydrogen-bond acceptors (Lipinski definition) is 1. The van der Waals surface area contributed by atoms with Crippen molar-refractivity contribution in [1.29, 1.82) is 0 Å². The van der Waals surface area contributed by atoms with Crippen molar-refractivity contribution < 1.29 is 0 Å². The third kappa shape index (κ3) is 1.02. The lowest BCUT2D eigenvalue weighted by Gasteiger charge is -1.84. The molecule has 0 unspecified atom stereocenters. The minimum absolute atomic E-state index is 0.627. The predicted octanol–water partition coefficient (Wildman–Crippen LogP) is 2.04. The van der Waals surface area contributed by atoms with Crippen LogP contribution in [-0.4, -0.2) is 9.78 Å². The molecule has 0 atom stereocenters. The molecule has 0 saturated heterocycles. The van der Waals surface area contributed by atoms with Crippen LogP contribution in [-0.2, 0) is 7.05 Å². The molecule has 1 aromatic rings. The van der Waals surface area contributed by atoms with Crippen LogP contribution in [0.5, 0.6) is 0 Å². The monoisotopic (exact) mass is 162 g/mol. The van der Waals surface area contributed by atoms with Gasteiger partial charge in [0, 0.05) is 12.6 Å². The van der Waals surface area contributed by atoms with Crippen LogP contribution in [0.4, 0.5) is 0 Å². The summed E-state index contributed by atoms with van der Waals surface area (Å²) in [5.74, 6) is 0. The summed E-state index contributed by atoms with van der Waals surface area (Å²) in [5.41, 5.74) is 0.939. The number of nitrogens with one attached hydrogen (secondary N) is 1. The van der Waals surface area contributed by atoms with E-state index in [1.807, 2.05) is 14.0 Å². The SMILES string of the molecule is Cc1c(Cl)[nH]n(C)c1=S. The number of hydrogen-bond donors (Lipinski definition) is 1. The van der Waals surface area contributed by atoms with Crippen LogP contribution in [0.15, 0.2) is 0 Å². The highest BCUT2D eigenvalue weighted by molar-refractivity contribution is 7.71. The second kappa shape index (κ2) is 2.15. The van der Waals surface area contributed by atoms with E-state index in [4.69, 9.17) is 23.8 Å². The Labute approximate surface area is 63.4 Å². The second-order valence-electron chi connectivity index (χ2n) is 1.91. The Bertz CT molecular complexity index is 273. The molecule has 0 saturated carbocycles. The maximum absolute atomic E-state index is 5.69. The van der Waals surface area contributed by atoms with Gasteiger partial charge in [0.05, 0.1) is 0 Å². The summed E-state index contributed by atoms with van der Waals surface area (Å²) in [7, 11) is 1.83. The van der Waals surface area contributed by atoms with Crippen molar-refractivity contribution in [3.05, 3.63) is 15.4 Å².